The number of nitrogens with zero attached hydrogens (tertiary/aromatic N) is 2. The monoisotopic (exact) mass is 579 g/mol. The fraction of sp³-hybridized carbons (Fsp3) is 0.643. The zero-order chi connectivity index (χ0) is 25.0. The number of hydrogen-bond donors (Lipinski definition) is 1. The first-order valence-electron chi connectivity index (χ1n) is 13.6. The molecule has 190 valence electrons. The minimum atomic E-state index is -2.65. The third-order valence-corrected chi connectivity index (χ3v) is 22.8. The van der Waals surface area contributed by atoms with Crippen LogP contribution in [0.5, 0.6) is 0 Å². The Morgan fingerprint density at radius 2 is 1.53 bits per heavy atom. The van der Waals surface area contributed by atoms with Crippen LogP contribution in [0.2, 0.25) is 13.3 Å². The molecule has 0 bridgehead atoms. The van der Waals surface area contributed by atoms with Crippen LogP contribution in [-0.4, -0.2) is 60.3 Å². The number of rotatable bonds is 16. The predicted molar refractivity (Wildman–Crippen MR) is 146 cm³/mol. The standard InChI is InChI=1S/C16H19FN3O.3C4H9.Sn/c1-3-20(4-2)10-9-18-16(21)15-11-13(17)12-7-5-6-8-14(12)19-15;3*1-3-4-2;/h6-8,11H,3-4,9-10H2,1-2H3,(H,18,21);3*1,3-4H2,2H3;. The van der Waals surface area contributed by atoms with Gasteiger partial charge >= 0.3 is 198 Å². The van der Waals surface area contributed by atoms with Crippen molar-refractivity contribution in [2.75, 3.05) is 26.2 Å². The Balaban J connectivity index is 2.33. The van der Waals surface area contributed by atoms with Crippen molar-refractivity contribution in [3.05, 3.63) is 35.8 Å². The Bertz CT molecular complexity index is 879. The summed E-state index contributed by atoms with van der Waals surface area (Å²) in [6.45, 7) is 14.2. The molecule has 0 saturated heterocycles. The SMILES string of the molecule is CCC[CH2][Sn]([CH2]CCC)([CH2]CCC)[c]1ccc2nc(C(=O)NCCN(CC)CC)cc(F)c2c1. The van der Waals surface area contributed by atoms with Crippen molar-refractivity contribution in [2.45, 2.75) is 86.5 Å². The molecule has 0 aliphatic rings. The number of nitrogens with one attached hydrogen (secondary N) is 1. The summed E-state index contributed by atoms with van der Waals surface area (Å²) in [6, 6.07) is 7.63. The number of carbonyl (C=O) groups is 1. The van der Waals surface area contributed by atoms with Crippen LogP contribution in [0, 0.1) is 5.82 Å². The number of unbranched alkanes of at least 4 members (excludes halogenated alkanes) is 3. The fourth-order valence-electron chi connectivity index (χ4n) is 4.94. The number of carbonyl (C=O) groups excluding carboxylic acids is 1. The van der Waals surface area contributed by atoms with Gasteiger partial charge in [-0.15, -0.1) is 0 Å². The number of benzene rings is 1. The van der Waals surface area contributed by atoms with Gasteiger partial charge in [-0.05, 0) is 0 Å². The number of aromatic nitrogens is 1. The summed E-state index contributed by atoms with van der Waals surface area (Å²) in [4.78, 5) is 19.4. The van der Waals surface area contributed by atoms with Crippen LogP contribution in [0.4, 0.5) is 4.39 Å². The molecule has 0 unspecified atom stereocenters. The van der Waals surface area contributed by atoms with Gasteiger partial charge < -0.3 is 0 Å². The van der Waals surface area contributed by atoms with E-state index in [1.807, 2.05) is 6.07 Å². The molecule has 1 amide bonds. The van der Waals surface area contributed by atoms with Gasteiger partial charge in [-0.1, -0.05) is 13.8 Å². The van der Waals surface area contributed by atoms with Gasteiger partial charge in [-0.25, -0.2) is 0 Å². The second-order valence-corrected chi connectivity index (χ2v) is 22.8. The number of likely N-dealkylation sites (N-methyl/N-ethyl adjacent to an activating group) is 1. The summed E-state index contributed by atoms with van der Waals surface area (Å²) in [5.41, 5.74) is 0.745. The Morgan fingerprint density at radius 1 is 0.941 bits per heavy atom. The van der Waals surface area contributed by atoms with E-state index in [1.165, 1.54) is 61.5 Å². The Hall–Kier alpha value is -1.21. The molecule has 0 radical (unpaired) electrons. The van der Waals surface area contributed by atoms with E-state index in [4.69, 9.17) is 0 Å². The Labute approximate surface area is 211 Å². The molecule has 0 aliphatic heterocycles. The van der Waals surface area contributed by atoms with Gasteiger partial charge in [0.05, 0.1) is 0 Å². The molecule has 2 rings (SSSR count). The molecule has 34 heavy (non-hydrogen) atoms. The number of pyridine rings is 1. The van der Waals surface area contributed by atoms with E-state index in [0.717, 1.165) is 19.6 Å². The zero-order valence-electron chi connectivity index (χ0n) is 22.2. The zero-order valence-corrected chi connectivity index (χ0v) is 25.0. The average Bonchev–Trinajstić information content (AvgIpc) is 2.86. The van der Waals surface area contributed by atoms with Crippen molar-refractivity contribution in [3.8, 4) is 0 Å². The summed E-state index contributed by atoms with van der Waals surface area (Å²) in [7, 11) is 0. The molecule has 1 aromatic heterocycles. The van der Waals surface area contributed by atoms with Crippen molar-refractivity contribution in [1.82, 2.24) is 15.2 Å². The Kier molecular flexibility index (Phi) is 12.8. The van der Waals surface area contributed by atoms with Crippen LogP contribution in [0.1, 0.15) is 83.6 Å². The van der Waals surface area contributed by atoms with E-state index in [2.05, 4.69) is 62.0 Å². The summed E-state index contributed by atoms with van der Waals surface area (Å²) < 4.78 is 20.8. The van der Waals surface area contributed by atoms with Gasteiger partial charge in [0.2, 0.25) is 0 Å². The molecule has 1 N–H and O–H groups in total. The summed E-state index contributed by atoms with van der Waals surface area (Å²) >= 11 is -2.65. The van der Waals surface area contributed by atoms with Crippen LogP contribution in [0.3, 0.4) is 0 Å². The fourth-order valence-corrected chi connectivity index (χ4v) is 20.9. The van der Waals surface area contributed by atoms with Crippen molar-refractivity contribution in [2.24, 2.45) is 0 Å². The van der Waals surface area contributed by atoms with E-state index >= 15 is 4.39 Å². The topological polar surface area (TPSA) is 45.2 Å². The molecular weight excluding hydrogens is 532 g/mol. The second-order valence-electron chi connectivity index (χ2n) is 9.60. The van der Waals surface area contributed by atoms with E-state index in [0.29, 0.717) is 17.4 Å². The molecule has 0 saturated carbocycles. The molecule has 0 spiro atoms. The maximum absolute atomic E-state index is 15.3. The van der Waals surface area contributed by atoms with Crippen LogP contribution < -0.4 is 8.90 Å². The van der Waals surface area contributed by atoms with Crippen LogP contribution in [0.25, 0.3) is 10.9 Å². The van der Waals surface area contributed by atoms with Gasteiger partial charge in [0.25, 0.3) is 0 Å². The first-order chi connectivity index (χ1) is 16.4. The quantitative estimate of drug-likeness (QED) is 0.232. The second kappa shape index (κ2) is 15.0. The maximum atomic E-state index is 15.3. The van der Waals surface area contributed by atoms with Crippen molar-refractivity contribution >= 4 is 38.8 Å². The van der Waals surface area contributed by atoms with E-state index in [-0.39, 0.29) is 17.4 Å². The average molecular weight is 578 g/mol. The molecular formula is C28H46FN3OSn. The molecule has 0 atom stereocenters. The van der Waals surface area contributed by atoms with Crippen molar-refractivity contribution < 1.29 is 9.18 Å². The number of fused-ring (bicyclic) bond motifs is 1. The minimum absolute atomic E-state index is 0.162. The molecule has 1 heterocycles. The van der Waals surface area contributed by atoms with E-state index < -0.39 is 18.4 Å². The van der Waals surface area contributed by atoms with Gasteiger partial charge in [0.1, 0.15) is 0 Å². The van der Waals surface area contributed by atoms with Crippen LogP contribution in [0.15, 0.2) is 24.3 Å². The number of amides is 1. The van der Waals surface area contributed by atoms with Gasteiger partial charge in [-0.3, -0.25) is 0 Å². The summed E-state index contributed by atoms with van der Waals surface area (Å²) in [6.07, 6.45) is 7.46. The number of hydrogen-bond acceptors (Lipinski definition) is 3. The molecule has 0 aliphatic carbocycles. The van der Waals surface area contributed by atoms with Crippen LogP contribution in [-0.2, 0) is 0 Å². The summed E-state index contributed by atoms with van der Waals surface area (Å²) in [5, 5.41) is 3.47. The van der Waals surface area contributed by atoms with Gasteiger partial charge in [0, 0.05) is 0 Å². The predicted octanol–water partition coefficient (Wildman–Crippen LogP) is 6.50. The number of halogens is 1. The summed E-state index contributed by atoms with van der Waals surface area (Å²) in [5.74, 6) is -0.637. The normalized spacial score (nSPS) is 12.0. The van der Waals surface area contributed by atoms with Crippen LogP contribution >= 0.6 is 0 Å². The van der Waals surface area contributed by atoms with Crippen molar-refractivity contribution in [1.29, 1.82) is 0 Å². The molecule has 2 aromatic rings. The molecule has 1 aromatic carbocycles. The Morgan fingerprint density at radius 3 is 2.06 bits per heavy atom. The first-order valence-corrected chi connectivity index (χ1v) is 21.0. The van der Waals surface area contributed by atoms with E-state index in [9.17, 15) is 4.79 Å². The third kappa shape index (κ3) is 7.91. The third-order valence-electron chi connectivity index (χ3n) is 7.24. The van der Waals surface area contributed by atoms with Gasteiger partial charge in [-0.2, -0.15) is 0 Å². The van der Waals surface area contributed by atoms with E-state index in [1.54, 1.807) is 0 Å². The molecule has 0 fully saturated rings. The molecule has 4 nitrogen and oxygen atoms in total. The molecule has 6 heteroatoms. The van der Waals surface area contributed by atoms with Crippen molar-refractivity contribution in [3.63, 3.8) is 0 Å². The first kappa shape index (κ1) is 29.0. The van der Waals surface area contributed by atoms with Gasteiger partial charge in [0.15, 0.2) is 0 Å².